The number of nitriles is 1. The van der Waals surface area contributed by atoms with Gasteiger partial charge in [0.05, 0.1) is 31.0 Å². The zero-order valence-electron chi connectivity index (χ0n) is 16.9. The molecule has 1 fully saturated rings. The summed E-state index contributed by atoms with van der Waals surface area (Å²) in [5, 5.41) is 8.90. The Bertz CT molecular complexity index is 872. The van der Waals surface area contributed by atoms with E-state index >= 15 is 0 Å². The van der Waals surface area contributed by atoms with Crippen LogP contribution in [0.5, 0.6) is 11.5 Å². The lowest BCUT2D eigenvalue weighted by atomic mass is 10.1. The first-order valence-electron chi connectivity index (χ1n) is 9.53. The average Bonchev–Trinajstić information content (AvgIpc) is 2.73. The number of carbonyl (C=O) groups is 1. The number of rotatable bonds is 6. The molecule has 1 atom stereocenters. The zero-order valence-corrected chi connectivity index (χ0v) is 16.9. The van der Waals surface area contributed by atoms with Crippen LogP contribution in [0.25, 0.3) is 0 Å². The molecule has 7 nitrogen and oxygen atoms in total. The van der Waals surface area contributed by atoms with Gasteiger partial charge in [-0.1, -0.05) is 0 Å². The van der Waals surface area contributed by atoms with E-state index in [1.165, 1.54) is 0 Å². The molecule has 1 aliphatic rings. The summed E-state index contributed by atoms with van der Waals surface area (Å²) in [5.41, 5.74) is 0.423. The van der Waals surface area contributed by atoms with Crippen molar-refractivity contribution in [2.75, 3.05) is 26.3 Å². The predicted octanol–water partition coefficient (Wildman–Crippen LogP) is 2.73. The van der Waals surface area contributed by atoms with E-state index in [4.69, 9.17) is 19.5 Å². The molecule has 0 saturated carbocycles. The van der Waals surface area contributed by atoms with E-state index in [1.807, 2.05) is 19.1 Å². The molecule has 1 aromatic carbocycles. The molecule has 1 aliphatic heterocycles. The number of aryl methyl sites for hydroxylation is 1. The van der Waals surface area contributed by atoms with Crippen LogP contribution in [0.4, 0.5) is 0 Å². The number of hydrogen-bond acceptors (Lipinski definition) is 6. The van der Waals surface area contributed by atoms with E-state index in [9.17, 15) is 4.79 Å². The molecule has 7 heteroatoms. The number of amides is 1. The maximum absolute atomic E-state index is 13.0. The van der Waals surface area contributed by atoms with E-state index in [2.05, 4.69) is 11.1 Å². The van der Waals surface area contributed by atoms with Crippen LogP contribution in [0.3, 0.4) is 0 Å². The van der Waals surface area contributed by atoms with Crippen LogP contribution in [-0.2, 0) is 9.53 Å². The van der Waals surface area contributed by atoms with Crippen LogP contribution in [0.2, 0.25) is 0 Å². The minimum Gasteiger partial charge on any atom is -0.489 e. The number of ether oxygens (including phenoxy) is 3. The second kappa shape index (κ2) is 8.93. The Morgan fingerprint density at radius 1 is 1.28 bits per heavy atom. The molecular weight excluding hydrogens is 370 g/mol. The van der Waals surface area contributed by atoms with Gasteiger partial charge in [-0.15, -0.1) is 0 Å². The zero-order chi connectivity index (χ0) is 20.9. The van der Waals surface area contributed by atoms with Gasteiger partial charge in [0.1, 0.15) is 24.2 Å². The molecule has 1 saturated heterocycles. The molecule has 1 amide bonds. The van der Waals surface area contributed by atoms with Crippen molar-refractivity contribution in [3.05, 3.63) is 53.9 Å². The molecule has 0 bridgehead atoms. The van der Waals surface area contributed by atoms with Crippen LogP contribution >= 0.6 is 0 Å². The second-order valence-corrected chi connectivity index (χ2v) is 7.44. The summed E-state index contributed by atoms with van der Waals surface area (Å²) in [7, 11) is 0. The van der Waals surface area contributed by atoms with Crippen molar-refractivity contribution in [1.29, 1.82) is 5.26 Å². The van der Waals surface area contributed by atoms with E-state index < -0.39 is 5.60 Å². The fraction of sp³-hybridized carbons (Fsp3) is 0.409. The molecule has 1 aromatic heterocycles. The third kappa shape index (κ3) is 5.46. The molecule has 0 N–H and O–H groups in total. The number of hydrogen-bond donors (Lipinski definition) is 0. The van der Waals surface area contributed by atoms with E-state index in [0.29, 0.717) is 43.4 Å². The van der Waals surface area contributed by atoms with Gasteiger partial charge in [-0.2, -0.15) is 5.26 Å². The molecule has 0 aliphatic carbocycles. The minimum atomic E-state index is -1.04. The topological polar surface area (TPSA) is 84.7 Å². The van der Waals surface area contributed by atoms with Crippen molar-refractivity contribution in [3.63, 3.8) is 0 Å². The Hall–Kier alpha value is -3.11. The lowest BCUT2D eigenvalue weighted by molar-refractivity contribution is -0.153. The van der Waals surface area contributed by atoms with Crippen molar-refractivity contribution in [2.45, 2.75) is 32.5 Å². The van der Waals surface area contributed by atoms with Gasteiger partial charge in [-0.25, -0.2) is 0 Å². The van der Waals surface area contributed by atoms with Gasteiger partial charge >= 0.3 is 0 Å². The summed E-state index contributed by atoms with van der Waals surface area (Å²) in [6, 6.07) is 12.5. The van der Waals surface area contributed by atoms with Crippen LogP contribution in [0, 0.1) is 18.3 Å². The summed E-state index contributed by atoms with van der Waals surface area (Å²) in [5.74, 6) is 1.10. The minimum absolute atomic E-state index is 0.118. The first-order valence-corrected chi connectivity index (χ1v) is 9.53. The van der Waals surface area contributed by atoms with E-state index in [0.717, 1.165) is 5.69 Å². The number of carbonyl (C=O) groups excluding carboxylic acids is 1. The largest absolute Gasteiger partial charge is 0.489 e. The molecule has 2 aromatic rings. The lowest BCUT2D eigenvalue weighted by Crippen LogP contribution is -2.55. The van der Waals surface area contributed by atoms with Crippen molar-refractivity contribution in [2.24, 2.45) is 0 Å². The van der Waals surface area contributed by atoms with Crippen molar-refractivity contribution < 1.29 is 19.0 Å². The maximum atomic E-state index is 13.0. The summed E-state index contributed by atoms with van der Waals surface area (Å²) in [6.07, 6.45) is 1.45. The fourth-order valence-electron chi connectivity index (χ4n) is 3.05. The Kier molecular flexibility index (Phi) is 6.35. The first kappa shape index (κ1) is 20.6. The highest BCUT2D eigenvalue weighted by Gasteiger charge is 2.37. The quantitative estimate of drug-likeness (QED) is 0.748. The van der Waals surface area contributed by atoms with Crippen molar-refractivity contribution >= 4 is 5.91 Å². The monoisotopic (exact) mass is 395 g/mol. The maximum Gasteiger partial charge on any atom is 0.266 e. The predicted molar refractivity (Wildman–Crippen MR) is 107 cm³/mol. The SMILES string of the molecule is Cc1ccc(OCC2CN(C(=O)C(C)(C)Oc3ccc(C#N)cc3)CCO2)cn1. The summed E-state index contributed by atoms with van der Waals surface area (Å²) < 4.78 is 17.4. The van der Waals surface area contributed by atoms with E-state index in [1.54, 1.807) is 49.2 Å². The fourth-order valence-corrected chi connectivity index (χ4v) is 3.05. The summed E-state index contributed by atoms with van der Waals surface area (Å²) in [4.78, 5) is 19.0. The highest BCUT2D eigenvalue weighted by molar-refractivity contribution is 5.85. The summed E-state index contributed by atoms with van der Waals surface area (Å²) in [6.45, 7) is 7.11. The van der Waals surface area contributed by atoms with Crippen molar-refractivity contribution in [1.82, 2.24) is 9.88 Å². The Balaban J connectivity index is 1.57. The highest BCUT2D eigenvalue weighted by atomic mass is 16.5. The van der Waals surface area contributed by atoms with Gasteiger partial charge in [0.15, 0.2) is 5.60 Å². The van der Waals surface area contributed by atoms with Gasteiger partial charge in [-0.05, 0) is 57.2 Å². The van der Waals surface area contributed by atoms with Crippen LogP contribution in [0.15, 0.2) is 42.6 Å². The Labute approximate surface area is 170 Å². The third-order valence-electron chi connectivity index (χ3n) is 4.62. The van der Waals surface area contributed by atoms with Gasteiger partial charge in [0.2, 0.25) is 0 Å². The van der Waals surface area contributed by atoms with Gasteiger partial charge in [0.25, 0.3) is 5.91 Å². The van der Waals surface area contributed by atoms with Gasteiger partial charge < -0.3 is 19.1 Å². The molecule has 0 spiro atoms. The molecule has 0 radical (unpaired) electrons. The van der Waals surface area contributed by atoms with E-state index in [-0.39, 0.29) is 12.0 Å². The average molecular weight is 395 g/mol. The smallest absolute Gasteiger partial charge is 0.266 e. The highest BCUT2D eigenvalue weighted by Crippen LogP contribution is 2.22. The normalized spacial score (nSPS) is 16.8. The summed E-state index contributed by atoms with van der Waals surface area (Å²) >= 11 is 0. The van der Waals surface area contributed by atoms with Crippen LogP contribution < -0.4 is 9.47 Å². The molecule has 2 heterocycles. The van der Waals surface area contributed by atoms with Crippen LogP contribution in [-0.4, -0.2) is 53.8 Å². The second-order valence-electron chi connectivity index (χ2n) is 7.44. The molecular formula is C22H25N3O4. The van der Waals surface area contributed by atoms with Crippen LogP contribution in [0.1, 0.15) is 25.1 Å². The first-order chi connectivity index (χ1) is 13.9. The molecule has 152 valence electrons. The Morgan fingerprint density at radius 2 is 2.00 bits per heavy atom. The van der Waals surface area contributed by atoms with Crippen molar-refractivity contribution in [3.8, 4) is 17.6 Å². The molecule has 3 rings (SSSR count). The van der Waals surface area contributed by atoms with Gasteiger partial charge in [0, 0.05) is 12.2 Å². The van der Waals surface area contributed by atoms with Gasteiger partial charge in [-0.3, -0.25) is 9.78 Å². The molecule has 1 unspecified atom stereocenters. The third-order valence-corrected chi connectivity index (χ3v) is 4.62. The number of morpholine rings is 1. The Morgan fingerprint density at radius 3 is 2.66 bits per heavy atom. The number of benzene rings is 1. The number of pyridine rings is 1. The lowest BCUT2D eigenvalue weighted by Gasteiger charge is -2.37. The number of nitrogens with zero attached hydrogens (tertiary/aromatic N) is 3. The molecule has 29 heavy (non-hydrogen) atoms. The number of aromatic nitrogens is 1. The standard InChI is InChI=1S/C22H25N3O4/c1-16-4-7-19(13-24-16)28-15-20-14-25(10-11-27-20)21(26)22(2,3)29-18-8-5-17(12-23)6-9-18/h4-9,13,20H,10-11,14-15H2,1-3H3.